The lowest BCUT2D eigenvalue weighted by Crippen LogP contribution is -2.20. The van der Waals surface area contributed by atoms with Gasteiger partial charge in [0.1, 0.15) is 16.5 Å². The summed E-state index contributed by atoms with van der Waals surface area (Å²) in [7, 11) is 4.31. The fourth-order valence-corrected chi connectivity index (χ4v) is 2.33. The van der Waals surface area contributed by atoms with Gasteiger partial charge in [0.25, 0.3) is 11.6 Å². The number of benzene rings is 1. The van der Waals surface area contributed by atoms with Crippen LogP contribution in [-0.4, -0.2) is 33.8 Å². The van der Waals surface area contributed by atoms with Crippen LogP contribution in [0.5, 0.6) is 11.6 Å². The van der Waals surface area contributed by atoms with Gasteiger partial charge in [-0.1, -0.05) is 11.6 Å². The van der Waals surface area contributed by atoms with E-state index in [1.165, 1.54) is 17.1 Å². The third-order valence-corrected chi connectivity index (χ3v) is 3.29. The smallest absolute Gasteiger partial charge is 0.434 e. The lowest BCUT2D eigenvalue weighted by molar-refractivity contribution is -0.384. The molecule has 8 nitrogen and oxygen atoms in total. The van der Waals surface area contributed by atoms with Crippen molar-refractivity contribution < 1.29 is 22.8 Å². The number of aryl methyl sites for hydroxylation is 1. The summed E-state index contributed by atoms with van der Waals surface area (Å²) >= 11 is 5.71. The molecule has 2 aromatic rings. The molecular weight excluding hydrogens is 367 g/mol. The maximum atomic E-state index is 12.9. The Morgan fingerprint density at radius 1 is 1.40 bits per heavy atom. The summed E-state index contributed by atoms with van der Waals surface area (Å²) in [6.07, 6.45) is -4.70. The van der Waals surface area contributed by atoms with E-state index >= 15 is 0 Å². The Bertz CT molecular complexity index is 807. The second-order valence-electron chi connectivity index (χ2n) is 5.13. The number of hydrogen-bond acceptors (Lipinski definition) is 6. The fourth-order valence-electron chi connectivity index (χ4n) is 2.03. The van der Waals surface area contributed by atoms with Crippen LogP contribution < -0.4 is 10.2 Å². The molecule has 136 valence electrons. The molecule has 1 heterocycles. The van der Waals surface area contributed by atoms with Crippen molar-refractivity contribution in [3.05, 3.63) is 39.0 Å². The zero-order valence-corrected chi connectivity index (χ0v) is 14.0. The van der Waals surface area contributed by atoms with Gasteiger partial charge in [0.05, 0.1) is 4.92 Å². The van der Waals surface area contributed by atoms with E-state index in [0.717, 1.165) is 13.1 Å². The van der Waals surface area contributed by atoms with Gasteiger partial charge in [0.2, 0.25) is 0 Å². The monoisotopic (exact) mass is 379 g/mol. The van der Waals surface area contributed by atoms with Gasteiger partial charge >= 0.3 is 6.18 Å². The van der Waals surface area contributed by atoms with Crippen molar-refractivity contribution in [2.45, 2.75) is 6.18 Å². The van der Waals surface area contributed by atoms with Crippen LogP contribution in [0.1, 0.15) is 5.69 Å². The number of hydrazine groups is 1. The van der Waals surface area contributed by atoms with E-state index in [0.29, 0.717) is 4.68 Å². The number of nitrogens with one attached hydrogen (secondary N) is 1. The Hall–Kier alpha value is -2.53. The molecule has 25 heavy (non-hydrogen) atoms. The second kappa shape index (κ2) is 6.76. The van der Waals surface area contributed by atoms with Crippen molar-refractivity contribution in [1.29, 1.82) is 0 Å². The third kappa shape index (κ3) is 4.12. The van der Waals surface area contributed by atoms with Gasteiger partial charge in [-0.25, -0.2) is 5.01 Å². The van der Waals surface area contributed by atoms with Crippen LogP contribution in [0, 0.1) is 10.1 Å². The van der Waals surface area contributed by atoms with E-state index < -0.39 is 27.7 Å². The highest BCUT2D eigenvalue weighted by Gasteiger charge is 2.39. The highest BCUT2D eigenvalue weighted by molar-refractivity contribution is 6.32. The van der Waals surface area contributed by atoms with Crippen LogP contribution >= 0.6 is 11.6 Å². The van der Waals surface area contributed by atoms with Crippen LogP contribution in [0.4, 0.5) is 24.5 Å². The van der Waals surface area contributed by atoms with Gasteiger partial charge in [-0.2, -0.15) is 13.2 Å². The summed E-state index contributed by atoms with van der Waals surface area (Å²) in [5.74, 6) is -0.426. The van der Waals surface area contributed by atoms with Crippen molar-refractivity contribution in [2.75, 3.05) is 19.5 Å². The molecule has 0 aliphatic rings. The number of anilines is 1. The SMILES string of the molecule is CN(C)Nc1cc(Oc2nn(C)c(C(F)(F)F)c2Cl)ccc1[N+](=O)[O-]. The summed E-state index contributed by atoms with van der Waals surface area (Å²) < 4.78 is 44.6. The molecule has 2 rings (SSSR count). The summed E-state index contributed by atoms with van der Waals surface area (Å²) in [6, 6.07) is 3.65. The predicted octanol–water partition coefficient (Wildman–Crippen LogP) is 3.68. The first kappa shape index (κ1) is 18.8. The van der Waals surface area contributed by atoms with E-state index in [9.17, 15) is 23.3 Å². The molecular formula is C13H13ClF3N5O3. The zero-order chi connectivity index (χ0) is 18.9. The van der Waals surface area contributed by atoms with Gasteiger partial charge in [0.15, 0.2) is 5.69 Å². The number of nitro groups is 1. The molecule has 0 radical (unpaired) electrons. The first-order valence-electron chi connectivity index (χ1n) is 6.70. The molecule has 0 saturated carbocycles. The molecule has 0 saturated heterocycles. The number of alkyl halides is 3. The number of nitro benzene ring substituents is 1. The number of nitrogens with zero attached hydrogens (tertiary/aromatic N) is 4. The average Bonchev–Trinajstić information content (AvgIpc) is 2.72. The summed E-state index contributed by atoms with van der Waals surface area (Å²) in [5, 5.41) is 15.4. The van der Waals surface area contributed by atoms with E-state index in [4.69, 9.17) is 16.3 Å². The van der Waals surface area contributed by atoms with E-state index in [1.807, 2.05) is 0 Å². The number of ether oxygens (including phenoxy) is 1. The minimum absolute atomic E-state index is 0.0312. The Morgan fingerprint density at radius 2 is 2.04 bits per heavy atom. The third-order valence-electron chi connectivity index (χ3n) is 2.95. The lowest BCUT2D eigenvalue weighted by Gasteiger charge is -2.14. The topological polar surface area (TPSA) is 85.5 Å². The van der Waals surface area contributed by atoms with Crippen LogP contribution in [0.3, 0.4) is 0 Å². The molecule has 0 amide bonds. The van der Waals surface area contributed by atoms with E-state index in [1.54, 1.807) is 14.1 Å². The standard InChI is InChI=1S/C13H13ClF3N5O3/c1-20(2)18-8-6-7(4-5-9(8)22(23)24)25-12-10(14)11(13(15,16)17)21(3)19-12/h4-6,18H,1-3H3. The minimum Gasteiger partial charge on any atom is -0.436 e. The largest absolute Gasteiger partial charge is 0.436 e. The maximum absolute atomic E-state index is 12.9. The van der Waals surface area contributed by atoms with E-state index in [2.05, 4.69) is 10.5 Å². The molecule has 1 aromatic carbocycles. The molecule has 1 N–H and O–H groups in total. The molecule has 1 aromatic heterocycles. The van der Waals surface area contributed by atoms with Gasteiger partial charge in [-0.15, -0.1) is 5.10 Å². The van der Waals surface area contributed by atoms with Gasteiger partial charge < -0.3 is 10.2 Å². The Balaban J connectivity index is 2.40. The quantitative estimate of drug-likeness (QED) is 0.630. The van der Waals surface area contributed by atoms with Gasteiger partial charge in [-0.3, -0.25) is 14.8 Å². The first-order chi connectivity index (χ1) is 11.5. The van der Waals surface area contributed by atoms with Gasteiger partial charge in [0, 0.05) is 33.3 Å². The lowest BCUT2D eigenvalue weighted by atomic mass is 10.2. The Morgan fingerprint density at radius 3 is 2.52 bits per heavy atom. The van der Waals surface area contributed by atoms with Crippen molar-refractivity contribution >= 4 is 23.0 Å². The van der Waals surface area contributed by atoms with Crippen LogP contribution in [0.15, 0.2) is 18.2 Å². The molecule has 12 heteroatoms. The summed E-state index contributed by atoms with van der Waals surface area (Å²) in [6.45, 7) is 0. The molecule has 0 unspecified atom stereocenters. The van der Waals surface area contributed by atoms with Crippen molar-refractivity contribution in [1.82, 2.24) is 14.8 Å². The van der Waals surface area contributed by atoms with Crippen molar-refractivity contribution in [3.63, 3.8) is 0 Å². The molecule has 0 atom stereocenters. The molecule has 0 spiro atoms. The first-order valence-corrected chi connectivity index (χ1v) is 7.08. The Labute approximate surface area is 144 Å². The molecule has 0 bridgehead atoms. The average molecular weight is 380 g/mol. The maximum Gasteiger partial charge on any atom is 0.434 e. The molecule has 0 aliphatic carbocycles. The van der Waals surface area contributed by atoms with E-state index in [-0.39, 0.29) is 17.1 Å². The number of aromatic nitrogens is 2. The van der Waals surface area contributed by atoms with Crippen LogP contribution in [0.2, 0.25) is 5.02 Å². The molecule has 0 aliphatic heterocycles. The number of rotatable bonds is 5. The normalized spacial score (nSPS) is 11.7. The minimum atomic E-state index is -4.70. The second-order valence-corrected chi connectivity index (χ2v) is 5.51. The fraction of sp³-hybridized carbons (Fsp3) is 0.308. The van der Waals surface area contributed by atoms with Gasteiger partial charge in [-0.05, 0) is 6.07 Å². The summed E-state index contributed by atoms with van der Waals surface area (Å²) in [5.41, 5.74) is 1.42. The van der Waals surface area contributed by atoms with Crippen LogP contribution in [0.25, 0.3) is 0 Å². The number of hydrogen-bond donors (Lipinski definition) is 1. The van der Waals surface area contributed by atoms with Crippen molar-refractivity contribution in [2.24, 2.45) is 7.05 Å². The highest BCUT2D eigenvalue weighted by Crippen LogP contribution is 2.41. The zero-order valence-electron chi connectivity index (χ0n) is 13.3. The number of halogens is 4. The van der Waals surface area contributed by atoms with Crippen molar-refractivity contribution in [3.8, 4) is 11.6 Å². The highest BCUT2D eigenvalue weighted by atomic mass is 35.5. The predicted molar refractivity (Wildman–Crippen MR) is 83.7 cm³/mol. The Kier molecular flexibility index (Phi) is 5.09. The van der Waals surface area contributed by atoms with Crippen LogP contribution in [-0.2, 0) is 13.2 Å². The molecule has 0 fully saturated rings. The summed E-state index contributed by atoms with van der Waals surface area (Å²) in [4.78, 5) is 10.4.